The van der Waals surface area contributed by atoms with Crippen molar-refractivity contribution in [3.63, 3.8) is 0 Å². The number of rotatable bonds is 1. The van der Waals surface area contributed by atoms with Crippen molar-refractivity contribution in [3.8, 4) is 0 Å². The molecule has 58 valence electrons. The molecular weight excluding hydrogens is 170 g/mol. The van der Waals surface area contributed by atoms with Crippen LogP contribution in [0.15, 0.2) is 16.6 Å². The third kappa shape index (κ3) is 1.65. The summed E-state index contributed by atoms with van der Waals surface area (Å²) in [5.74, 6) is -1.66. The minimum atomic E-state index is -1.13. The van der Waals surface area contributed by atoms with E-state index in [1.165, 1.54) is 0 Å². The standard InChI is InChI=1S/C6H4ClNO3/c7-4-1-3(6(10)11)2-8-5(4)9/h1-2,4H,(H,10,11). The summed E-state index contributed by atoms with van der Waals surface area (Å²) >= 11 is 5.40. The summed E-state index contributed by atoms with van der Waals surface area (Å²) in [5, 5.41) is 7.47. The third-order valence-electron chi connectivity index (χ3n) is 1.14. The van der Waals surface area contributed by atoms with Crippen molar-refractivity contribution in [1.82, 2.24) is 0 Å². The van der Waals surface area contributed by atoms with Gasteiger partial charge in [-0.15, -0.1) is 11.6 Å². The normalized spacial score (nSPS) is 23.2. The maximum absolute atomic E-state index is 10.6. The highest BCUT2D eigenvalue weighted by Gasteiger charge is 2.19. The Morgan fingerprint density at radius 2 is 2.36 bits per heavy atom. The highest BCUT2D eigenvalue weighted by Crippen LogP contribution is 2.09. The summed E-state index contributed by atoms with van der Waals surface area (Å²) < 4.78 is 0. The van der Waals surface area contributed by atoms with E-state index in [4.69, 9.17) is 16.7 Å². The van der Waals surface area contributed by atoms with E-state index in [9.17, 15) is 9.59 Å². The van der Waals surface area contributed by atoms with Crippen molar-refractivity contribution in [1.29, 1.82) is 0 Å². The molecule has 1 amide bonds. The summed E-state index contributed by atoms with van der Waals surface area (Å²) in [6, 6.07) is 0. The predicted molar refractivity (Wildman–Crippen MR) is 38.9 cm³/mol. The predicted octanol–water partition coefficient (Wildman–Crippen LogP) is 0.216. The first-order valence-electron chi connectivity index (χ1n) is 2.78. The van der Waals surface area contributed by atoms with Crippen LogP contribution >= 0.6 is 11.6 Å². The first-order valence-corrected chi connectivity index (χ1v) is 3.22. The Labute approximate surface area is 67.2 Å². The van der Waals surface area contributed by atoms with Crippen LogP contribution in [-0.4, -0.2) is 28.6 Å². The molecule has 4 nitrogen and oxygen atoms in total. The molecule has 1 heterocycles. The van der Waals surface area contributed by atoms with E-state index in [-0.39, 0.29) is 5.57 Å². The van der Waals surface area contributed by atoms with Gasteiger partial charge in [0.1, 0.15) is 5.38 Å². The van der Waals surface area contributed by atoms with E-state index in [1.807, 2.05) is 0 Å². The average molecular weight is 174 g/mol. The topological polar surface area (TPSA) is 66.7 Å². The molecule has 1 unspecified atom stereocenters. The van der Waals surface area contributed by atoms with Crippen LogP contribution in [0.4, 0.5) is 0 Å². The lowest BCUT2D eigenvalue weighted by Crippen LogP contribution is -2.18. The largest absolute Gasteiger partial charge is 0.478 e. The van der Waals surface area contributed by atoms with Crippen LogP contribution in [0.2, 0.25) is 0 Å². The molecule has 1 N–H and O–H groups in total. The van der Waals surface area contributed by atoms with Gasteiger partial charge in [0.15, 0.2) is 0 Å². The zero-order valence-corrected chi connectivity index (χ0v) is 6.08. The summed E-state index contributed by atoms with van der Waals surface area (Å²) in [6.45, 7) is 0. The second-order valence-electron chi connectivity index (χ2n) is 1.93. The lowest BCUT2D eigenvalue weighted by Gasteiger charge is -2.04. The fraction of sp³-hybridized carbons (Fsp3) is 0.167. The van der Waals surface area contributed by atoms with E-state index >= 15 is 0 Å². The molecule has 0 saturated heterocycles. The van der Waals surface area contributed by atoms with Gasteiger partial charge in [-0.05, 0) is 6.08 Å². The fourth-order valence-corrected chi connectivity index (χ4v) is 0.795. The van der Waals surface area contributed by atoms with Crippen molar-refractivity contribution >= 4 is 29.7 Å². The van der Waals surface area contributed by atoms with E-state index in [2.05, 4.69) is 4.99 Å². The molecule has 5 heteroatoms. The number of aliphatic imine (C=N–C) groups is 1. The van der Waals surface area contributed by atoms with E-state index in [0.29, 0.717) is 0 Å². The SMILES string of the molecule is O=C(O)C1=CC(Cl)C(=O)N=C1. The zero-order chi connectivity index (χ0) is 8.43. The molecule has 0 bridgehead atoms. The van der Waals surface area contributed by atoms with Crippen molar-refractivity contribution < 1.29 is 14.7 Å². The zero-order valence-electron chi connectivity index (χ0n) is 5.32. The number of carboxylic acid groups (broad SMARTS) is 1. The quantitative estimate of drug-likeness (QED) is 0.577. The molecular formula is C6H4ClNO3. The molecule has 0 aromatic rings. The average Bonchev–Trinajstić information content (AvgIpc) is 1.94. The first-order chi connectivity index (χ1) is 5.11. The minimum Gasteiger partial charge on any atom is -0.478 e. The summed E-state index contributed by atoms with van der Waals surface area (Å²) in [4.78, 5) is 24.1. The van der Waals surface area contributed by atoms with Crippen LogP contribution in [0.3, 0.4) is 0 Å². The number of alkyl halides is 1. The molecule has 0 aromatic carbocycles. The van der Waals surface area contributed by atoms with Gasteiger partial charge in [0.25, 0.3) is 5.91 Å². The molecule has 0 saturated carbocycles. The van der Waals surface area contributed by atoms with Gasteiger partial charge in [0, 0.05) is 6.21 Å². The lowest BCUT2D eigenvalue weighted by molar-refractivity contribution is -0.132. The van der Waals surface area contributed by atoms with Crippen LogP contribution in [0, 0.1) is 0 Å². The second kappa shape index (κ2) is 2.84. The van der Waals surface area contributed by atoms with Crippen molar-refractivity contribution in [2.24, 2.45) is 4.99 Å². The van der Waals surface area contributed by atoms with Gasteiger partial charge in [-0.2, -0.15) is 0 Å². The van der Waals surface area contributed by atoms with Crippen LogP contribution in [-0.2, 0) is 9.59 Å². The molecule has 11 heavy (non-hydrogen) atoms. The van der Waals surface area contributed by atoms with Crippen LogP contribution < -0.4 is 0 Å². The van der Waals surface area contributed by atoms with Crippen LogP contribution in [0.25, 0.3) is 0 Å². The number of carboxylic acids is 1. The monoisotopic (exact) mass is 173 g/mol. The van der Waals surface area contributed by atoms with E-state index < -0.39 is 17.3 Å². The summed E-state index contributed by atoms with van der Waals surface area (Å²) in [6.07, 6.45) is 2.14. The molecule has 0 radical (unpaired) electrons. The van der Waals surface area contributed by atoms with Gasteiger partial charge in [0.2, 0.25) is 0 Å². The number of dihydropyridines is 1. The van der Waals surface area contributed by atoms with Crippen molar-refractivity contribution in [3.05, 3.63) is 11.6 Å². The Morgan fingerprint density at radius 1 is 1.73 bits per heavy atom. The highest BCUT2D eigenvalue weighted by molar-refractivity contribution is 6.35. The number of hydrogen-bond donors (Lipinski definition) is 1. The Morgan fingerprint density at radius 3 is 2.82 bits per heavy atom. The van der Waals surface area contributed by atoms with Gasteiger partial charge in [-0.3, -0.25) is 4.79 Å². The maximum atomic E-state index is 10.6. The summed E-state index contributed by atoms with van der Waals surface area (Å²) in [5.41, 5.74) is -0.0513. The molecule has 0 aliphatic carbocycles. The molecule has 1 rings (SSSR count). The van der Waals surface area contributed by atoms with Crippen LogP contribution in [0.1, 0.15) is 0 Å². The molecule has 0 fully saturated rings. The smallest absolute Gasteiger partial charge is 0.337 e. The van der Waals surface area contributed by atoms with Gasteiger partial charge >= 0.3 is 5.97 Å². The van der Waals surface area contributed by atoms with Gasteiger partial charge in [-0.1, -0.05) is 0 Å². The van der Waals surface area contributed by atoms with Crippen LogP contribution in [0.5, 0.6) is 0 Å². The minimum absolute atomic E-state index is 0.0513. The number of aliphatic carboxylic acids is 1. The number of halogens is 1. The first kappa shape index (κ1) is 7.94. The van der Waals surface area contributed by atoms with E-state index in [0.717, 1.165) is 12.3 Å². The summed E-state index contributed by atoms with van der Waals surface area (Å²) in [7, 11) is 0. The lowest BCUT2D eigenvalue weighted by atomic mass is 10.2. The Kier molecular flexibility index (Phi) is 2.05. The number of hydrogen-bond acceptors (Lipinski definition) is 2. The van der Waals surface area contributed by atoms with Gasteiger partial charge in [0.05, 0.1) is 5.57 Å². The highest BCUT2D eigenvalue weighted by atomic mass is 35.5. The Bertz CT molecular complexity index is 269. The maximum Gasteiger partial charge on any atom is 0.337 e. The Hall–Kier alpha value is -1.16. The third-order valence-corrected chi connectivity index (χ3v) is 1.45. The molecule has 0 aromatic heterocycles. The van der Waals surface area contributed by atoms with Gasteiger partial charge in [-0.25, -0.2) is 9.79 Å². The number of carbonyl (C=O) groups is 2. The molecule has 1 aliphatic rings. The fourth-order valence-electron chi connectivity index (χ4n) is 0.603. The molecule has 1 atom stereocenters. The van der Waals surface area contributed by atoms with Crippen molar-refractivity contribution in [2.75, 3.05) is 0 Å². The Balaban J connectivity index is 2.88. The van der Waals surface area contributed by atoms with Gasteiger partial charge < -0.3 is 5.11 Å². The number of amides is 1. The second-order valence-corrected chi connectivity index (χ2v) is 2.40. The number of nitrogens with zero attached hydrogens (tertiary/aromatic N) is 1. The number of carbonyl (C=O) groups excluding carboxylic acids is 1. The van der Waals surface area contributed by atoms with Crippen molar-refractivity contribution in [2.45, 2.75) is 5.38 Å². The molecule has 0 spiro atoms. The molecule has 1 aliphatic heterocycles. The van der Waals surface area contributed by atoms with E-state index in [1.54, 1.807) is 0 Å².